The van der Waals surface area contributed by atoms with Gasteiger partial charge in [-0.05, 0) is 27.7 Å². The Balaban J connectivity index is -0.0000000617. The Morgan fingerprint density at radius 1 is 0.852 bits per heavy atom. The molecule has 0 aliphatic rings. The molecular formula is C12H24K2O12S. The molecule has 15 heteroatoms. The van der Waals surface area contributed by atoms with Gasteiger partial charge in [-0.25, -0.2) is 0 Å². The molecule has 27 heavy (non-hydrogen) atoms. The van der Waals surface area contributed by atoms with Gasteiger partial charge in [0.25, 0.3) is 0 Å². The Morgan fingerprint density at radius 3 is 1.22 bits per heavy atom. The molecule has 0 aliphatic heterocycles. The van der Waals surface area contributed by atoms with E-state index in [1.165, 1.54) is 27.7 Å². The maximum atomic E-state index is 10.5. The summed E-state index contributed by atoms with van der Waals surface area (Å²) in [4.78, 5) is 29.4. The van der Waals surface area contributed by atoms with Crippen molar-refractivity contribution in [2.24, 2.45) is 0 Å². The molecule has 5 N–H and O–H groups in total. The first-order valence-corrected chi connectivity index (χ1v) is 7.74. The topological polar surface area (TPSA) is 233 Å². The molecule has 0 radical (unpaired) electrons. The molecule has 0 spiro atoms. The van der Waals surface area contributed by atoms with E-state index in [2.05, 4.69) is 0 Å². The number of hydrogen-bond donors (Lipinski definition) is 5. The van der Waals surface area contributed by atoms with Crippen molar-refractivity contribution in [1.82, 2.24) is 0 Å². The molecular weight excluding hydrogens is 446 g/mol. The third kappa shape index (κ3) is 58.4. The van der Waals surface area contributed by atoms with Gasteiger partial charge in [0.1, 0.15) is 36.5 Å². The number of carbonyl (C=O) groups excluding carboxylic acids is 3. The summed E-state index contributed by atoms with van der Waals surface area (Å²) in [5, 5.41) is 43.1. The Hall–Kier alpha value is 1.95. The summed E-state index contributed by atoms with van der Waals surface area (Å²) < 4.78 is 34.1. The van der Waals surface area contributed by atoms with Crippen LogP contribution in [0.5, 0.6) is 0 Å². The molecule has 0 rings (SSSR count). The second-order valence-corrected chi connectivity index (χ2v) is 5.35. The SMILES string of the molecule is CC(C)=O.CC(C)=O.O=C(CO)[C@@H](O)[C@H](O)[C@H](O)CO.O=S(=O)([O-])[O-].[K+].[K+]. The van der Waals surface area contributed by atoms with E-state index < -0.39 is 47.7 Å². The van der Waals surface area contributed by atoms with Crippen LogP contribution >= 0.6 is 0 Å². The van der Waals surface area contributed by atoms with Gasteiger partial charge in [-0.2, -0.15) is 0 Å². The molecule has 3 atom stereocenters. The van der Waals surface area contributed by atoms with Crippen LogP contribution in [0.1, 0.15) is 27.7 Å². The Labute approximate surface area is 243 Å². The average molecular weight is 471 g/mol. The minimum Gasteiger partial charge on any atom is -0.759 e. The maximum Gasteiger partial charge on any atom is 1.00 e. The molecule has 0 aromatic heterocycles. The van der Waals surface area contributed by atoms with Crippen LogP contribution in [0.15, 0.2) is 0 Å². The van der Waals surface area contributed by atoms with E-state index in [1.54, 1.807) is 0 Å². The van der Waals surface area contributed by atoms with E-state index in [4.69, 9.17) is 43.1 Å². The molecule has 0 heterocycles. The van der Waals surface area contributed by atoms with Crippen molar-refractivity contribution in [2.75, 3.05) is 13.2 Å². The monoisotopic (exact) mass is 470 g/mol. The van der Waals surface area contributed by atoms with Crippen LogP contribution in [0.4, 0.5) is 0 Å². The number of aliphatic hydroxyl groups is 5. The van der Waals surface area contributed by atoms with Crippen molar-refractivity contribution in [3.63, 3.8) is 0 Å². The third-order valence-corrected chi connectivity index (χ3v) is 1.39. The molecule has 0 saturated heterocycles. The van der Waals surface area contributed by atoms with Crippen molar-refractivity contribution in [1.29, 1.82) is 0 Å². The number of aliphatic hydroxyl groups excluding tert-OH is 5. The first-order chi connectivity index (χ1) is 11.0. The van der Waals surface area contributed by atoms with Crippen molar-refractivity contribution in [3.05, 3.63) is 0 Å². The van der Waals surface area contributed by atoms with Gasteiger partial charge in [0.15, 0.2) is 5.78 Å². The van der Waals surface area contributed by atoms with E-state index in [0.29, 0.717) is 0 Å². The number of rotatable bonds is 5. The normalized spacial score (nSPS) is 12.3. The second-order valence-electron chi connectivity index (χ2n) is 4.53. The smallest absolute Gasteiger partial charge is 0.759 e. The molecule has 0 bridgehead atoms. The summed E-state index contributed by atoms with van der Waals surface area (Å²) in [7, 11) is -5.17. The van der Waals surface area contributed by atoms with Gasteiger partial charge in [0.05, 0.1) is 6.61 Å². The zero-order chi connectivity index (χ0) is 21.4. The van der Waals surface area contributed by atoms with Crippen LogP contribution < -0.4 is 103 Å². The molecule has 0 saturated carbocycles. The Bertz CT molecular complexity index is 455. The van der Waals surface area contributed by atoms with E-state index in [-0.39, 0.29) is 114 Å². The van der Waals surface area contributed by atoms with Crippen LogP contribution in [0, 0.1) is 0 Å². The standard InChI is InChI=1S/C6H12O6.2C3H6O.2K.H2O4S/c7-1-3(9)5(11)6(12)4(10)2-8;2*1-3(2)4;;;1-5(2,3)4/h3,5-9,11-12H,1-2H2;2*1-2H3;;;(H2,1,2,3,4)/q;;;2*+1;/p-2/t3-,5-,6-;;;;;/m1...../s1. The van der Waals surface area contributed by atoms with Gasteiger partial charge in [-0.3, -0.25) is 13.2 Å². The second kappa shape index (κ2) is 26.0. The molecule has 0 aromatic rings. The summed E-state index contributed by atoms with van der Waals surface area (Å²) >= 11 is 0. The van der Waals surface area contributed by atoms with Crippen LogP contribution in [0.2, 0.25) is 0 Å². The molecule has 0 aromatic carbocycles. The quantitative estimate of drug-likeness (QED) is 0.143. The van der Waals surface area contributed by atoms with E-state index >= 15 is 0 Å². The van der Waals surface area contributed by atoms with E-state index in [0.717, 1.165) is 0 Å². The third-order valence-electron chi connectivity index (χ3n) is 1.39. The van der Waals surface area contributed by atoms with Crippen molar-refractivity contribution in [3.8, 4) is 0 Å². The first-order valence-electron chi connectivity index (χ1n) is 6.40. The molecule has 152 valence electrons. The summed E-state index contributed by atoms with van der Waals surface area (Å²) in [6.07, 6.45) is -5.22. The van der Waals surface area contributed by atoms with Gasteiger partial charge < -0.3 is 44.2 Å². The number of hydrogen-bond acceptors (Lipinski definition) is 12. The van der Waals surface area contributed by atoms with Gasteiger partial charge in [0, 0.05) is 10.4 Å². The van der Waals surface area contributed by atoms with Gasteiger partial charge in [0.2, 0.25) is 0 Å². The fourth-order valence-electron chi connectivity index (χ4n) is 0.602. The summed E-state index contributed by atoms with van der Waals surface area (Å²) in [6, 6.07) is 0. The Kier molecular flexibility index (Phi) is 41.3. The van der Waals surface area contributed by atoms with E-state index in [9.17, 15) is 14.4 Å². The molecule has 12 nitrogen and oxygen atoms in total. The maximum absolute atomic E-state index is 10.5. The molecule has 0 unspecified atom stereocenters. The number of Topliss-reactive ketones (excluding diaryl/α,β-unsaturated/α-hetero) is 3. The summed E-state index contributed by atoms with van der Waals surface area (Å²) in [5.41, 5.74) is 0. The number of carbonyl (C=O) groups is 3. The predicted octanol–water partition coefficient (Wildman–Crippen LogP) is -9.52. The van der Waals surface area contributed by atoms with Crippen LogP contribution in [-0.4, -0.2) is 91.9 Å². The van der Waals surface area contributed by atoms with Crippen LogP contribution in [-0.2, 0) is 24.8 Å². The largest absolute Gasteiger partial charge is 1.00 e. The first kappa shape index (κ1) is 42.9. The predicted molar refractivity (Wildman–Crippen MR) is 80.4 cm³/mol. The summed E-state index contributed by atoms with van der Waals surface area (Å²) in [6.45, 7) is 4.42. The van der Waals surface area contributed by atoms with Crippen molar-refractivity contribution >= 4 is 27.7 Å². The zero-order valence-corrected chi connectivity index (χ0v) is 23.2. The number of ketones is 3. The minimum absolute atomic E-state index is 0. The fourth-order valence-corrected chi connectivity index (χ4v) is 0.602. The zero-order valence-electron chi connectivity index (χ0n) is 16.1. The minimum atomic E-state index is -5.17. The molecule has 0 fully saturated rings. The molecule has 0 aliphatic carbocycles. The molecule has 0 amide bonds. The fraction of sp³-hybridized carbons (Fsp3) is 0.750. The van der Waals surface area contributed by atoms with E-state index in [1.807, 2.05) is 0 Å². The van der Waals surface area contributed by atoms with Crippen LogP contribution in [0.3, 0.4) is 0 Å². The van der Waals surface area contributed by atoms with Crippen molar-refractivity contribution in [2.45, 2.75) is 46.0 Å². The van der Waals surface area contributed by atoms with Gasteiger partial charge in [-0.15, -0.1) is 0 Å². The average Bonchev–Trinajstić information content (AvgIpc) is 2.40. The summed E-state index contributed by atoms with van der Waals surface area (Å²) in [5.74, 6) is -0.671. The van der Waals surface area contributed by atoms with Gasteiger partial charge >= 0.3 is 103 Å². The Morgan fingerprint density at radius 2 is 1.07 bits per heavy atom. The van der Waals surface area contributed by atoms with Crippen LogP contribution in [0.25, 0.3) is 0 Å². The van der Waals surface area contributed by atoms with Gasteiger partial charge in [-0.1, -0.05) is 0 Å². The van der Waals surface area contributed by atoms with Crippen molar-refractivity contribution < 1.29 is 160 Å².